The molecule has 9 nitrogen and oxygen atoms in total. The molecule has 0 fully saturated rings. The number of aromatic amines is 1. The summed E-state index contributed by atoms with van der Waals surface area (Å²) in [4.78, 5) is 39.8. The highest BCUT2D eigenvalue weighted by Gasteiger charge is 2.31. The first-order valence-corrected chi connectivity index (χ1v) is 9.92. The molecular formula is C21H30N4O5. The average Bonchev–Trinajstić information content (AvgIpc) is 3.07. The number of aliphatic hydroxyl groups is 1. The summed E-state index contributed by atoms with van der Waals surface area (Å²) in [6.45, 7) is 5.16. The van der Waals surface area contributed by atoms with Crippen LogP contribution in [0.5, 0.6) is 0 Å². The highest BCUT2D eigenvalue weighted by atomic mass is 16.4. The maximum absolute atomic E-state index is 12.7. The lowest BCUT2D eigenvalue weighted by Crippen LogP contribution is -2.58. The molecule has 164 valence electrons. The van der Waals surface area contributed by atoms with Crippen molar-refractivity contribution in [1.82, 2.24) is 15.6 Å². The van der Waals surface area contributed by atoms with E-state index < -0.39 is 42.0 Å². The van der Waals surface area contributed by atoms with E-state index >= 15 is 0 Å². The Morgan fingerprint density at radius 2 is 1.77 bits per heavy atom. The zero-order valence-corrected chi connectivity index (χ0v) is 17.4. The van der Waals surface area contributed by atoms with Crippen LogP contribution in [0, 0.1) is 5.92 Å². The predicted molar refractivity (Wildman–Crippen MR) is 113 cm³/mol. The second-order valence-electron chi connectivity index (χ2n) is 7.93. The summed E-state index contributed by atoms with van der Waals surface area (Å²) < 4.78 is 0. The van der Waals surface area contributed by atoms with Crippen molar-refractivity contribution >= 4 is 28.7 Å². The van der Waals surface area contributed by atoms with Gasteiger partial charge in [-0.2, -0.15) is 0 Å². The van der Waals surface area contributed by atoms with Gasteiger partial charge in [0.05, 0.1) is 12.1 Å². The lowest BCUT2D eigenvalue weighted by atomic mass is 10.0. The van der Waals surface area contributed by atoms with Gasteiger partial charge in [-0.15, -0.1) is 0 Å². The number of nitrogens with two attached hydrogens (primary N) is 1. The van der Waals surface area contributed by atoms with Gasteiger partial charge in [-0.05, 0) is 30.9 Å². The van der Waals surface area contributed by atoms with E-state index in [1.54, 1.807) is 6.20 Å². The van der Waals surface area contributed by atoms with Gasteiger partial charge in [-0.25, -0.2) is 4.79 Å². The summed E-state index contributed by atoms with van der Waals surface area (Å²) in [5.41, 5.74) is 7.43. The van der Waals surface area contributed by atoms with E-state index in [0.717, 1.165) is 16.5 Å². The lowest BCUT2D eigenvalue weighted by Gasteiger charge is -2.25. The molecule has 2 aromatic rings. The van der Waals surface area contributed by atoms with Crippen molar-refractivity contribution < 1.29 is 24.6 Å². The summed E-state index contributed by atoms with van der Waals surface area (Å²) in [5.74, 6) is -2.41. The second-order valence-corrected chi connectivity index (χ2v) is 7.93. The molecule has 4 atom stereocenters. The molecular weight excluding hydrogens is 388 g/mol. The third kappa shape index (κ3) is 6.04. The monoisotopic (exact) mass is 418 g/mol. The first kappa shape index (κ1) is 23.4. The number of aromatic nitrogens is 1. The van der Waals surface area contributed by atoms with Crippen LogP contribution in [0.15, 0.2) is 30.5 Å². The number of aliphatic hydroxyl groups excluding tert-OH is 1. The van der Waals surface area contributed by atoms with Crippen molar-refractivity contribution in [2.24, 2.45) is 11.7 Å². The number of benzene rings is 1. The molecule has 0 bridgehead atoms. The van der Waals surface area contributed by atoms with E-state index in [-0.39, 0.29) is 12.3 Å². The van der Waals surface area contributed by atoms with Gasteiger partial charge in [0.2, 0.25) is 11.8 Å². The molecule has 0 radical (unpaired) electrons. The highest BCUT2D eigenvalue weighted by molar-refractivity contribution is 5.92. The fourth-order valence-corrected chi connectivity index (χ4v) is 3.26. The fourth-order valence-electron chi connectivity index (χ4n) is 3.26. The molecule has 2 amide bonds. The van der Waals surface area contributed by atoms with E-state index in [9.17, 15) is 24.6 Å². The number of carboxylic acid groups (broad SMARTS) is 1. The van der Waals surface area contributed by atoms with E-state index in [0.29, 0.717) is 6.42 Å². The Labute approximate surface area is 175 Å². The molecule has 0 saturated carbocycles. The molecule has 2 rings (SSSR count). The maximum atomic E-state index is 12.7. The molecule has 7 N–H and O–H groups in total. The Bertz CT molecular complexity index is 892. The molecule has 0 aliphatic carbocycles. The van der Waals surface area contributed by atoms with Crippen LogP contribution in [-0.4, -0.2) is 57.2 Å². The number of amides is 2. The second kappa shape index (κ2) is 10.2. The molecule has 0 aliphatic heterocycles. The topological polar surface area (TPSA) is 158 Å². The number of H-pyrrole nitrogens is 1. The van der Waals surface area contributed by atoms with Gasteiger partial charge < -0.3 is 31.6 Å². The minimum Gasteiger partial charge on any atom is -0.480 e. The number of hydrogen-bond acceptors (Lipinski definition) is 5. The summed E-state index contributed by atoms with van der Waals surface area (Å²) >= 11 is 0. The van der Waals surface area contributed by atoms with Crippen LogP contribution in [0.25, 0.3) is 10.9 Å². The van der Waals surface area contributed by atoms with Crippen molar-refractivity contribution in [2.45, 2.75) is 57.8 Å². The van der Waals surface area contributed by atoms with Crippen LogP contribution in [0.2, 0.25) is 0 Å². The Kier molecular flexibility index (Phi) is 7.96. The molecule has 30 heavy (non-hydrogen) atoms. The molecule has 9 heteroatoms. The SMILES string of the molecule is CC(C)CC(N)C(=O)NC(C(=O)NC(Cc1c[nH]c2ccccc12)C(=O)O)C(C)O. The Morgan fingerprint density at radius 1 is 1.10 bits per heavy atom. The van der Waals surface area contributed by atoms with Gasteiger partial charge in [0.15, 0.2) is 0 Å². The minimum absolute atomic E-state index is 0.0401. The van der Waals surface area contributed by atoms with Crippen LogP contribution in [0.4, 0.5) is 0 Å². The highest BCUT2D eigenvalue weighted by Crippen LogP contribution is 2.19. The summed E-state index contributed by atoms with van der Waals surface area (Å²) in [6, 6.07) is 4.04. The summed E-state index contributed by atoms with van der Waals surface area (Å²) in [7, 11) is 0. The van der Waals surface area contributed by atoms with Gasteiger partial charge >= 0.3 is 5.97 Å². The minimum atomic E-state index is -1.32. The molecule has 0 saturated heterocycles. The summed E-state index contributed by atoms with van der Waals surface area (Å²) in [5, 5.41) is 25.3. The molecule has 4 unspecified atom stereocenters. The van der Waals surface area contributed by atoms with E-state index in [1.807, 2.05) is 38.1 Å². The largest absolute Gasteiger partial charge is 0.480 e. The average molecular weight is 418 g/mol. The van der Waals surface area contributed by atoms with Crippen molar-refractivity contribution in [1.29, 1.82) is 0 Å². The molecule has 1 heterocycles. The maximum Gasteiger partial charge on any atom is 0.326 e. The third-order valence-electron chi connectivity index (χ3n) is 4.84. The van der Waals surface area contributed by atoms with Crippen molar-refractivity contribution in [3.63, 3.8) is 0 Å². The van der Waals surface area contributed by atoms with Crippen LogP contribution in [-0.2, 0) is 20.8 Å². The normalized spacial score (nSPS) is 15.4. The zero-order valence-electron chi connectivity index (χ0n) is 17.4. The van der Waals surface area contributed by atoms with Gasteiger partial charge in [0.1, 0.15) is 12.1 Å². The first-order valence-electron chi connectivity index (χ1n) is 9.92. The van der Waals surface area contributed by atoms with Gasteiger partial charge in [-0.1, -0.05) is 32.0 Å². The number of para-hydroxylation sites is 1. The molecule has 0 aliphatic rings. The molecule has 1 aromatic heterocycles. The van der Waals surface area contributed by atoms with Crippen LogP contribution >= 0.6 is 0 Å². The van der Waals surface area contributed by atoms with Crippen LogP contribution in [0.1, 0.15) is 32.8 Å². The number of nitrogens with one attached hydrogen (secondary N) is 3. The van der Waals surface area contributed by atoms with Crippen LogP contribution in [0.3, 0.4) is 0 Å². The third-order valence-corrected chi connectivity index (χ3v) is 4.84. The Balaban J connectivity index is 2.11. The fraction of sp³-hybridized carbons (Fsp3) is 0.476. The lowest BCUT2D eigenvalue weighted by molar-refractivity contribution is -0.142. The van der Waals surface area contributed by atoms with Crippen molar-refractivity contribution in [3.05, 3.63) is 36.0 Å². The van der Waals surface area contributed by atoms with Crippen molar-refractivity contribution in [3.8, 4) is 0 Å². The number of aliphatic carboxylic acids is 1. The Hall–Kier alpha value is -2.91. The number of carbonyl (C=O) groups excluding carboxylic acids is 2. The first-order chi connectivity index (χ1) is 14.1. The molecule has 1 aromatic carbocycles. The number of rotatable bonds is 10. The van der Waals surface area contributed by atoms with Gasteiger partial charge in [-0.3, -0.25) is 9.59 Å². The predicted octanol–water partition coefficient (Wildman–Crippen LogP) is 0.519. The quantitative estimate of drug-likeness (QED) is 0.330. The van der Waals surface area contributed by atoms with Crippen molar-refractivity contribution in [2.75, 3.05) is 0 Å². The smallest absolute Gasteiger partial charge is 0.326 e. The number of hydrogen-bond donors (Lipinski definition) is 6. The van der Waals surface area contributed by atoms with E-state index in [1.165, 1.54) is 6.92 Å². The van der Waals surface area contributed by atoms with Crippen LogP contribution < -0.4 is 16.4 Å². The number of carboxylic acids is 1. The number of carbonyl (C=O) groups is 3. The van der Waals surface area contributed by atoms with E-state index in [2.05, 4.69) is 15.6 Å². The Morgan fingerprint density at radius 3 is 2.37 bits per heavy atom. The summed E-state index contributed by atoms with van der Waals surface area (Å²) in [6.07, 6.45) is 0.922. The molecule has 0 spiro atoms. The van der Waals surface area contributed by atoms with Gasteiger partial charge in [0, 0.05) is 23.5 Å². The van der Waals surface area contributed by atoms with Gasteiger partial charge in [0.25, 0.3) is 0 Å². The zero-order chi connectivity index (χ0) is 22.4. The number of fused-ring (bicyclic) bond motifs is 1. The standard InChI is InChI=1S/C21H30N4O5/c1-11(2)8-15(22)19(27)25-18(12(3)26)20(28)24-17(21(29)30)9-13-10-23-16-7-5-4-6-14(13)16/h4-7,10-12,15,17-18,23,26H,8-9,22H2,1-3H3,(H,24,28)(H,25,27)(H,29,30). The van der Waals surface area contributed by atoms with E-state index in [4.69, 9.17) is 5.73 Å².